The van der Waals surface area contributed by atoms with E-state index >= 15 is 0 Å². The highest BCUT2D eigenvalue weighted by atomic mass is 19.2. The highest BCUT2D eigenvalue weighted by Gasteiger charge is 2.16. The average Bonchev–Trinajstić information content (AvgIpc) is 2.77. The molecule has 1 aromatic heterocycles. The molecule has 5 heteroatoms. The molecule has 0 amide bonds. The minimum Gasteiger partial charge on any atom is -0.472 e. The number of rotatable bonds is 3. The van der Waals surface area contributed by atoms with Crippen molar-refractivity contribution >= 4 is 11.4 Å². The van der Waals surface area contributed by atoms with Gasteiger partial charge < -0.3 is 15.1 Å². The molecule has 0 saturated carbocycles. The van der Waals surface area contributed by atoms with Gasteiger partial charge in [-0.25, -0.2) is 8.78 Å². The fourth-order valence-electron chi connectivity index (χ4n) is 1.68. The lowest BCUT2D eigenvalue weighted by molar-refractivity contribution is 0.508. The van der Waals surface area contributed by atoms with Gasteiger partial charge in [0.1, 0.15) is 0 Å². The second-order valence-electron chi connectivity index (χ2n) is 3.79. The van der Waals surface area contributed by atoms with E-state index in [1.807, 2.05) is 0 Å². The van der Waals surface area contributed by atoms with Gasteiger partial charge in [0.25, 0.3) is 0 Å². The Morgan fingerprint density at radius 2 is 2.06 bits per heavy atom. The van der Waals surface area contributed by atoms with Gasteiger partial charge in [-0.15, -0.1) is 0 Å². The van der Waals surface area contributed by atoms with Gasteiger partial charge >= 0.3 is 0 Å². The van der Waals surface area contributed by atoms with E-state index in [1.165, 1.54) is 12.3 Å². The molecular weight excluding hydrogens is 226 g/mol. The van der Waals surface area contributed by atoms with Crippen molar-refractivity contribution < 1.29 is 13.2 Å². The Morgan fingerprint density at radius 1 is 1.29 bits per heavy atom. The van der Waals surface area contributed by atoms with E-state index in [0.717, 1.165) is 11.6 Å². The number of benzene rings is 1. The molecule has 0 spiro atoms. The SMILES string of the molecule is CN(Cc1ccoc1)c1c(N)ccc(F)c1F. The summed E-state index contributed by atoms with van der Waals surface area (Å²) in [6, 6.07) is 4.11. The van der Waals surface area contributed by atoms with Crippen LogP contribution in [0.25, 0.3) is 0 Å². The molecule has 0 aliphatic carbocycles. The third-order valence-electron chi connectivity index (χ3n) is 2.48. The molecule has 1 aromatic carbocycles. The maximum absolute atomic E-state index is 13.6. The monoisotopic (exact) mass is 238 g/mol. The Morgan fingerprint density at radius 3 is 2.71 bits per heavy atom. The lowest BCUT2D eigenvalue weighted by Crippen LogP contribution is -2.19. The summed E-state index contributed by atoms with van der Waals surface area (Å²) in [7, 11) is 1.64. The molecule has 0 aliphatic heterocycles. The average molecular weight is 238 g/mol. The summed E-state index contributed by atoms with van der Waals surface area (Å²) in [5, 5.41) is 0. The zero-order chi connectivity index (χ0) is 12.4. The van der Waals surface area contributed by atoms with Crippen LogP contribution >= 0.6 is 0 Å². The number of nitrogens with zero attached hydrogens (tertiary/aromatic N) is 1. The van der Waals surface area contributed by atoms with Crippen molar-refractivity contribution in [3.63, 3.8) is 0 Å². The number of anilines is 2. The summed E-state index contributed by atoms with van der Waals surface area (Å²) < 4.78 is 31.7. The number of nitrogens with two attached hydrogens (primary N) is 1. The minimum atomic E-state index is -0.934. The van der Waals surface area contributed by atoms with Gasteiger partial charge in [0, 0.05) is 19.2 Å². The predicted octanol–water partition coefficient (Wildman–Crippen LogP) is 2.78. The standard InChI is InChI=1S/C12H12F2N2O/c1-16(6-8-4-5-17-7-8)12-10(15)3-2-9(13)11(12)14/h2-5,7H,6,15H2,1H3. The molecule has 3 nitrogen and oxygen atoms in total. The van der Waals surface area contributed by atoms with Crippen LogP contribution in [0.5, 0.6) is 0 Å². The summed E-state index contributed by atoms with van der Waals surface area (Å²) in [4.78, 5) is 1.54. The summed E-state index contributed by atoms with van der Waals surface area (Å²) >= 11 is 0. The van der Waals surface area contributed by atoms with Crippen LogP contribution < -0.4 is 10.6 Å². The van der Waals surface area contributed by atoms with E-state index in [4.69, 9.17) is 10.2 Å². The Hall–Kier alpha value is -2.04. The molecule has 90 valence electrons. The first-order chi connectivity index (χ1) is 8.09. The molecule has 17 heavy (non-hydrogen) atoms. The lowest BCUT2D eigenvalue weighted by Gasteiger charge is -2.21. The summed E-state index contributed by atoms with van der Waals surface area (Å²) in [5.74, 6) is -1.84. The van der Waals surface area contributed by atoms with Gasteiger partial charge in [0.05, 0.1) is 23.9 Å². The maximum Gasteiger partial charge on any atom is 0.184 e. The van der Waals surface area contributed by atoms with Gasteiger partial charge in [-0.1, -0.05) is 0 Å². The second kappa shape index (κ2) is 4.45. The van der Waals surface area contributed by atoms with Crippen molar-refractivity contribution in [2.45, 2.75) is 6.54 Å². The first-order valence-corrected chi connectivity index (χ1v) is 5.05. The molecule has 0 atom stereocenters. The van der Waals surface area contributed by atoms with Crippen molar-refractivity contribution in [3.05, 3.63) is 47.9 Å². The van der Waals surface area contributed by atoms with Crippen LogP contribution in [0.2, 0.25) is 0 Å². The quantitative estimate of drug-likeness (QED) is 0.836. The number of hydrogen-bond donors (Lipinski definition) is 1. The minimum absolute atomic E-state index is 0.0613. The fraction of sp³-hybridized carbons (Fsp3) is 0.167. The van der Waals surface area contributed by atoms with Crippen LogP contribution in [0.3, 0.4) is 0 Å². The number of furan rings is 1. The van der Waals surface area contributed by atoms with E-state index in [-0.39, 0.29) is 11.4 Å². The first kappa shape index (κ1) is 11.4. The summed E-state index contributed by atoms with van der Waals surface area (Å²) in [6.45, 7) is 0.390. The zero-order valence-electron chi connectivity index (χ0n) is 9.28. The Balaban J connectivity index is 2.30. The van der Waals surface area contributed by atoms with Crippen LogP contribution in [0.15, 0.2) is 35.1 Å². The molecule has 0 fully saturated rings. The number of halogens is 2. The van der Waals surface area contributed by atoms with Gasteiger partial charge in [0.2, 0.25) is 0 Å². The van der Waals surface area contributed by atoms with Crippen molar-refractivity contribution in [1.29, 1.82) is 0 Å². The largest absolute Gasteiger partial charge is 0.472 e. The molecule has 0 saturated heterocycles. The number of hydrogen-bond acceptors (Lipinski definition) is 3. The van der Waals surface area contributed by atoms with Crippen molar-refractivity contribution in [2.24, 2.45) is 0 Å². The van der Waals surface area contributed by atoms with Crippen LogP contribution in [0.1, 0.15) is 5.56 Å². The topological polar surface area (TPSA) is 42.4 Å². The van der Waals surface area contributed by atoms with Crippen molar-refractivity contribution in [2.75, 3.05) is 17.7 Å². The fourth-order valence-corrected chi connectivity index (χ4v) is 1.68. The summed E-state index contributed by atoms with van der Waals surface area (Å²) in [6.07, 6.45) is 3.07. The Bertz CT molecular complexity index is 511. The molecule has 2 aromatic rings. The molecular formula is C12H12F2N2O. The molecule has 0 aliphatic rings. The van der Waals surface area contributed by atoms with Crippen molar-refractivity contribution in [3.8, 4) is 0 Å². The first-order valence-electron chi connectivity index (χ1n) is 5.05. The van der Waals surface area contributed by atoms with Crippen LogP contribution in [-0.4, -0.2) is 7.05 Å². The Kier molecular flexibility index (Phi) is 2.99. The lowest BCUT2D eigenvalue weighted by atomic mass is 10.2. The van der Waals surface area contributed by atoms with Crippen LogP contribution in [0, 0.1) is 11.6 Å². The van der Waals surface area contributed by atoms with Crippen molar-refractivity contribution in [1.82, 2.24) is 0 Å². The van der Waals surface area contributed by atoms with E-state index in [2.05, 4.69) is 0 Å². The molecule has 0 bridgehead atoms. The smallest absolute Gasteiger partial charge is 0.184 e. The van der Waals surface area contributed by atoms with E-state index in [0.29, 0.717) is 6.54 Å². The highest BCUT2D eigenvalue weighted by molar-refractivity contribution is 5.68. The molecule has 2 N–H and O–H groups in total. The molecule has 1 heterocycles. The molecule has 0 radical (unpaired) electrons. The molecule has 0 unspecified atom stereocenters. The molecule has 2 rings (SSSR count). The third kappa shape index (κ3) is 2.22. The van der Waals surface area contributed by atoms with Gasteiger partial charge in [0.15, 0.2) is 11.6 Å². The zero-order valence-corrected chi connectivity index (χ0v) is 9.28. The van der Waals surface area contributed by atoms with Gasteiger partial charge in [-0.05, 0) is 18.2 Å². The second-order valence-corrected chi connectivity index (χ2v) is 3.79. The van der Waals surface area contributed by atoms with Crippen LogP contribution in [0.4, 0.5) is 20.2 Å². The third-order valence-corrected chi connectivity index (χ3v) is 2.48. The number of nitrogen functional groups attached to an aromatic ring is 1. The van der Waals surface area contributed by atoms with E-state index in [9.17, 15) is 8.78 Å². The summed E-state index contributed by atoms with van der Waals surface area (Å²) in [5.41, 5.74) is 6.77. The maximum atomic E-state index is 13.6. The normalized spacial score (nSPS) is 10.5. The van der Waals surface area contributed by atoms with Crippen LogP contribution in [-0.2, 0) is 6.54 Å². The van der Waals surface area contributed by atoms with E-state index in [1.54, 1.807) is 24.3 Å². The predicted molar refractivity (Wildman–Crippen MR) is 61.6 cm³/mol. The van der Waals surface area contributed by atoms with Gasteiger partial charge in [-0.2, -0.15) is 0 Å². The van der Waals surface area contributed by atoms with E-state index < -0.39 is 11.6 Å². The Labute approximate surface area is 97.4 Å². The van der Waals surface area contributed by atoms with Gasteiger partial charge in [-0.3, -0.25) is 0 Å². The highest BCUT2D eigenvalue weighted by Crippen LogP contribution is 2.28.